The maximum atomic E-state index is 5.98. The first kappa shape index (κ1) is 14.3. The molecule has 1 atom stereocenters. The topological polar surface area (TPSA) is 27.3 Å². The van der Waals surface area contributed by atoms with Gasteiger partial charge in [0.1, 0.15) is 5.66 Å². The summed E-state index contributed by atoms with van der Waals surface area (Å²) < 4.78 is 0. The van der Waals surface area contributed by atoms with E-state index in [4.69, 9.17) is 23.8 Å². The minimum atomic E-state index is -0.405. The van der Waals surface area contributed by atoms with Crippen molar-refractivity contribution >= 4 is 34.6 Å². The van der Waals surface area contributed by atoms with Crippen LogP contribution in [-0.2, 0) is 5.66 Å². The van der Waals surface area contributed by atoms with Gasteiger partial charge in [-0.25, -0.2) is 5.01 Å². The lowest BCUT2D eigenvalue weighted by atomic mass is 9.98. The number of rotatable bonds is 3. The van der Waals surface area contributed by atoms with Crippen LogP contribution in [0.4, 0.5) is 5.69 Å². The molecule has 0 amide bonds. The average molecular weight is 318 g/mol. The van der Waals surface area contributed by atoms with Crippen molar-refractivity contribution in [2.75, 3.05) is 5.01 Å². The highest BCUT2D eigenvalue weighted by Crippen LogP contribution is 2.30. The molecule has 2 aromatic carbocycles. The highest BCUT2D eigenvalue weighted by Gasteiger charge is 2.40. The zero-order valence-electron chi connectivity index (χ0n) is 11.6. The van der Waals surface area contributed by atoms with Crippen molar-refractivity contribution in [2.24, 2.45) is 0 Å². The summed E-state index contributed by atoms with van der Waals surface area (Å²) in [4.78, 5) is 0. The van der Waals surface area contributed by atoms with Crippen molar-refractivity contribution in [3.05, 3.63) is 65.2 Å². The molecule has 21 heavy (non-hydrogen) atoms. The number of hydrazine groups is 1. The zero-order chi connectivity index (χ0) is 14.9. The van der Waals surface area contributed by atoms with E-state index in [1.54, 1.807) is 0 Å². The number of nitrogens with one attached hydrogen (secondary N) is 2. The number of anilines is 1. The SMILES string of the molecule is CC[C@@]1(c2ccc(Cl)cc2)NC(=S)N(c2ccccc2)N1. The average Bonchev–Trinajstić information content (AvgIpc) is 2.87. The zero-order valence-corrected chi connectivity index (χ0v) is 13.2. The van der Waals surface area contributed by atoms with Crippen LogP contribution < -0.4 is 15.8 Å². The fourth-order valence-electron chi connectivity index (χ4n) is 2.51. The predicted octanol–water partition coefficient (Wildman–Crippen LogP) is 3.80. The first-order chi connectivity index (χ1) is 10.1. The summed E-state index contributed by atoms with van der Waals surface area (Å²) in [6.45, 7) is 2.12. The molecule has 5 heteroatoms. The molecule has 0 unspecified atom stereocenters. The number of hydrogen-bond acceptors (Lipinski definition) is 2. The maximum Gasteiger partial charge on any atom is 0.190 e. The van der Waals surface area contributed by atoms with Gasteiger partial charge in [-0.2, -0.15) is 5.43 Å². The van der Waals surface area contributed by atoms with Gasteiger partial charge >= 0.3 is 0 Å². The molecule has 1 heterocycles. The van der Waals surface area contributed by atoms with E-state index in [1.807, 2.05) is 59.6 Å². The second kappa shape index (κ2) is 5.64. The number of thiocarbonyl (C=S) groups is 1. The van der Waals surface area contributed by atoms with Crippen LogP contribution in [0.25, 0.3) is 0 Å². The van der Waals surface area contributed by atoms with Crippen molar-refractivity contribution in [3.8, 4) is 0 Å². The van der Waals surface area contributed by atoms with Gasteiger partial charge in [-0.15, -0.1) is 0 Å². The Bertz CT molecular complexity index is 644. The molecule has 108 valence electrons. The normalized spacial score (nSPS) is 21.4. The van der Waals surface area contributed by atoms with Gasteiger partial charge in [-0.3, -0.25) is 0 Å². The van der Waals surface area contributed by atoms with Gasteiger partial charge in [0, 0.05) is 5.02 Å². The van der Waals surface area contributed by atoms with E-state index in [0.717, 1.165) is 22.7 Å². The fourth-order valence-corrected chi connectivity index (χ4v) is 2.96. The fraction of sp³-hybridized carbons (Fsp3) is 0.188. The van der Waals surface area contributed by atoms with Crippen molar-refractivity contribution in [3.63, 3.8) is 0 Å². The summed E-state index contributed by atoms with van der Waals surface area (Å²) in [5.41, 5.74) is 5.21. The third kappa shape index (κ3) is 2.62. The summed E-state index contributed by atoms with van der Waals surface area (Å²) in [6, 6.07) is 17.8. The van der Waals surface area contributed by atoms with Crippen LogP contribution in [0.15, 0.2) is 54.6 Å². The molecule has 0 saturated carbocycles. The first-order valence-corrected chi connectivity index (χ1v) is 7.64. The number of nitrogens with zero attached hydrogens (tertiary/aromatic N) is 1. The molecule has 0 spiro atoms. The van der Waals surface area contributed by atoms with Gasteiger partial charge in [0.05, 0.1) is 5.69 Å². The molecule has 3 rings (SSSR count). The smallest absolute Gasteiger partial charge is 0.190 e. The Labute approximate surface area is 134 Å². The van der Waals surface area contributed by atoms with Crippen LogP contribution in [0.1, 0.15) is 18.9 Å². The molecule has 0 aliphatic carbocycles. The molecule has 3 nitrogen and oxygen atoms in total. The molecule has 0 aromatic heterocycles. The third-order valence-electron chi connectivity index (χ3n) is 3.71. The van der Waals surface area contributed by atoms with Crippen LogP contribution in [0.5, 0.6) is 0 Å². The Morgan fingerprint density at radius 2 is 1.76 bits per heavy atom. The highest BCUT2D eigenvalue weighted by atomic mass is 35.5. The summed E-state index contributed by atoms with van der Waals surface area (Å²) in [6.07, 6.45) is 0.845. The van der Waals surface area contributed by atoms with E-state index in [0.29, 0.717) is 5.11 Å². The lowest BCUT2D eigenvalue weighted by Crippen LogP contribution is -2.47. The monoisotopic (exact) mass is 317 g/mol. The Hall–Kier alpha value is -1.62. The molecular formula is C16H16ClN3S. The lowest BCUT2D eigenvalue weighted by molar-refractivity contribution is 0.337. The van der Waals surface area contributed by atoms with E-state index >= 15 is 0 Å². The Morgan fingerprint density at radius 3 is 2.38 bits per heavy atom. The first-order valence-electron chi connectivity index (χ1n) is 6.86. The van der Waals surface area contributed by atoms with Crippen LogP contribution in [0.3, 0.4) is 0 Å². The maximum absolute atomic E-state index is 5.98. The van der Waals surface area contributed by atoms with Crippen LogP contribution in [0.2, 0.25) is 5.02 Å². The van der Waals surface area contributed by atoms with Crippen molar-refractivity contribution < 1.29 is 0 Å². The summed E-state index contributed by atoms with van der Waals surface area (Å²) in [7, 11) is 0. The Kier molecular flexibility index (Phi) is 3.85. The molecular weight excluding hydrogens is 302 g/mol. The van der Waals surface area contributed by atoms with E-state index in [1.165, 1.54) is 0 Å². The molecule has 1 aliphatic rings. The summed E-state index contributed by atoms with van der Waals surface area (Å²) in [5, 5.41) is 6.71. The summed E-state index contributed by atoms with van der Waals surface area (Å²) >= 11 is 11.5. The Balaban J connectivity index is 1.95. The van der Waals surface area contributed by atoms with Crippen LogP contribution in [-0.4, -0.2) is 5.11 Å². The van der Waals surface area contributed by atoms with Gasteiger partial charge in [-0.05, 0) is 48.5 Å². The molecule has 2 aromatic rings. The Morgan fingerprint density at radius 1 is 1.10 bits per heavy atom. The van der Waals surface area contributed by atoms with E-state index in [2.05, 4.69) is 17.7 Å². The second-order valence-electron chi connectivity index (χ2n) is 4.98. The third-order valence-corrected chi connectivity index (χ3v) is 4.24. The highest BCUT2D eigenvalue weighted by molar-refractivity contribution is 7.80. The number of hydrogen-bond donors (Lipinski definition) is 2. The van der Waals surface area contributed by atoms with Crippen LogP contribution in [0, 0.1) is 0 Å². The van der Waals surface area contributed by atoms with E-state index in [9.17, 15) is 0 Å². The molecule has 1 saturated heterocycles. The van der Waals surface area contributed by atoms with Gasteiger partial charge in [0.15, 0.2) is 5.11 Å². The molecule has 0 radical (unpaired) electrons. The van der Waals surface area contributed by atoms with Crippen molar-refractivity contribution in [1.29, 1.82) is 0 Å². The van der Waals surface area contributed by atoms with E-state index < -0.39 is 5.66 Å². The van der Waals surface area contributed by atoms with Gasteiger partial charge in [-0.1, -0.05) is 48.9 Å². The van der Waals surface area contributed by atoms with Gasteiger partial charge in [0.2, 0.25) is 0 Å². The number of halogens is 1. The molecule has 0 bridgehead atoms. The second-order valence-corrected chi connectivity index (χ2v) is 5.80. The minimum absolute atomic E-state index is 0.405. The summed E-state index contributed by atoms with van der Waals surface area (Å²) in [5.74, 6) is 0. The largest absolute Gasteiger partial charge is 0.338 e. The van der Waals surface area contributed by atoms with E-state index in [-0.39, 0.29) is 0 Å². The van der Waals surface area contributed by atoms with Crippen molar-refractivity contribution in [2.45, 2.75) is 19.0 Å². The number of para-hydroxylation sites is 1. The predicted molar refractivity (Wildman–Crippen MR) is 91.2 cm³/mol. The lowest BCUT2D eigenvalue weighted by Gasteiger charge is -2.29. The molecule has 2 N–H and O–H groups in total. The number of benzene rings is 2. The van der Waals surface area contributed by atoms with Gasteiger partial charge in [0.25, 0.3) is 0 Å². The van der Waals surface area contributed by atoms with Crippen molar-refractivity contribution in [1.82, 2.24) is 10.7 Å². The molecule has 1 aliphatic heterocycles. The minimum Gasteiger partial charge on any atom is -0.338 e. The standard InChI is InChI=1S/C16H16ClN3S/c1-2-16(12-8-10-13(17)11-9-12)18-15(21)20(19-16)14-6-4-3-5-7-14/h3-11,19H,2H2,1H3,(H,18,21)/t16-/m1/s1. The quantitative estimate of drug-likeness (QED) is 0.842. The molecule has 1 fully saturated rings. The van der Waals surface area contributed by atoms with Gasteiger partial charge < -0.3 is 5.32 Å². The van der Waals surface area contributed by atoms with Crippen LogP contribution >= 0.6 is 23.8 Å².